The van der Waals surface area contributed by atoms with Gasteiger partial charge in [-0.1, -0.05) is 30.3 Å². The fourth-order valence-electron chi connectivity index (χ4n) is 2.43. The van der Waals surface area contributed by atoms with E-state index >= 15 is 0 Å². The summed E-state index contributed by atoms with van der Waals surface area (Å²) < 4.78 is 0. The molecule has 1 aromatic heterocycles. The molecule has 0 saturated carbocycles. The first-order valence-corrected chi connectivity index (χ1v) is 7.11. The van der Waals surface area contributed by atoms with E-state index in [1.165, 1.54) is 31.5 Å². The minimum Gasteiger partial charge on any atom is -0.298 e. The van der Waals surface area contributed by atoms with E-state index < -0.39 is 0 Å². The summed E-state index contributed by atoms with van der Waals surface area (Å²) in [5.41, 5.74) is 3.00. The van der Waals surface area contributed by atoms with Gasteiger partial charge in [0.25, 0.3) is 0 Å². The average Bonchev–Trinajstić information content (AvgIpc) is 2.85. The van der Waals surface area contributed by atoms with E-state index in [1.807, 2.05) is 11.3 Å². The van der Waals surface area contributed by atoms with E-state index in [1.54, 1.807) is 10.4 Å². The van der Waals surface area contributed by atoms with Crippen LogP contribution in [0.3, 0.4) is 0 Å². The fourth-order valence-corrected chi connectivity index (χ4v) is 3.32. The molecular weight excluding hydrogens is 226 g/mol. The zero-order valence-electron chi connectivity index (χ0n) is 9.93. The maximum atomic E-state index is 2.57. The number of nitrogens with zero attached hydrogens (tertiary/aromatic N) is 1. The first-order chi connectivity index (χ1) is 8.42. The number of thiophene rings is 1. The largest absolute Gasteiger partial charge is 0.298 e. The molecule has 17 heavy (non-hydrogen) atoms. The Labute approximate surface area is 107 Å². The van der Waals surface area contributed by atoms with Gasteiger partial charge in [-0.05, 0) is 35.4 Å². The molecule has 1 aromatic carbocycles. The molecule has 0 atom stereocenters. The second kappa shape index (κ2) is 5.03. The Morgan fingerprint density at radius 2 is 2.00 bits per heavy atom. The van der Waals surface area contributed by atoms with Gasteiger partial charge in [0.05, 0.1) is 0 Å². The van der Waals surface area contributed by atoms with Crippen molar-refractivity contribution < 1.29 is 0 Å². The van der Waals surface area contributed by atoms with Crippen molar-refractivity contribution in [2.24, 2.45) is 0 Å². The summed E-state index contributed by atoms with van der Waals surface area (Å²) in [5, 5.41) is 2.23. The van der Waals surface area contributed by atoms with Crippen LogP contribution in [0.5, 0.6) is 0 Å². The predicted octanol–water partition coefficient (Wildman–Crippen LogP) is 3.35. The van der Waals surface area contributed by atoms with Crippen LogP contribution in [0.1, 0.15) is 16.0 Å². The molecule has 1 aliphatic heterocycles. The van der Waals surface area contributed by atoms with Crippen LogP contribution >= 0.6 is 11.3 Å². The Kier molecular flexibility index (Phi) is 3.25. The summed E-state index contributed by atoms with van der Waals surface area (Å²) in [7, 11) is 0. The predicted molar refractivity (Wildman–Crippen MR) is 73.4 cm³/mol. The molecule has 0 aliphatic carbocycles. The first-order valence-electron chi connectivity index (χ1n) is 6.23. The van der Waals surface area contributed by atoms with E-state index in [0.29, 0.717) is 0 Å². The fraction of sp³-hybridized carbons (Fsp3) is 0.333. The lowest BCUT2D eigenvalue weighted by molar-refractivity contribution is 0.259. The molecule has 0 bridgehead atoms. The van der Waals surface area contributed by atoms with Crippen molar-refractivity contribution in [3.63, 3.8) is 0 Å². The van der Waals surface area contributed by atoms with Crippen molar-refractivity contribution in [1.82, 2.24) is 4.90 Å². The lowest BCUT2D eigenvalue weighted by Gasteiger charge is -2.26. The Hall–Kier alpha value is -1.12. The summed E-state index contributed by atoms with van der Waals surface area (Å²) >= 11 is 1.92. The normalized spacial score (nSPS) is 15.8. The monoisotopic (exact) mass is 243 g/mol. The Balaban J connectivity index is 1.58. The second-order valence-electron chi connectivity index (χ2n) is 4.63. The van der Waals surface area contributed by atoms with Crippen molar-refractivity contribution >= 4 is 11.3 Å². The minimum absolute atomic E-state index is 1.14. The van der Waals surface area contributed by atoms with Crippen LogP contribution in [0.15, 0.2) is 41.8 Å². The van der Waals surface area contributed by atoms with Crippen LogP contribution < -0.4 is 0 Å². The number of hydrogen-bond donors (Lipinski definition) is 0. The molecule has 3 rings (SSSR count). The number of benzene rings is 1. The van der Waals surface area contributed by atoms with Crippen LogP contribution in [0.25, 0.3) is 0 Å². The van der Waals surface area contributed by atoms with Crippen molar-refractivity contribution in [2.75, 3.05) is 13.1 Å². The third-order valence-electron chi connectivity index (χ3n) is 3.45. The zero-order valence-corrected chi connectivity index (χ0v) is 10.7. The van der Waals surface area contributed by atoms with E-state index in [2.05, 4.69) is 46.7 Å². The lowest BCUT2D eigenvalue weighted by Crippen LogP contribution is -2.31. The summed E-state index contributed by atoms with van der Waals surface area (Å²) in [4.78, 5) is 4.17. The molecule has 2 aromatic rings. The van der Waals surface area contributed by atoms with Gasteiger partial charge in [0.1, 0.15) is 0 Å². The highest BCUT2D eigenvalue weighted by atomic mass is 32.1. The molecule has 2 heteroatoms. The minimum atomic E-state index is 1.14. The van der Waals surface area contributed by atoms with Crippen molar-refractivity contribution in [2.45, 2.75) is 19.4 Å². The van der Waals surface area contributed by atoms with Gasteiger partial charge in [-0.15, -0.1) is 11.3 Å². The molecule has 0 saturated heterocycles. The third kappa shape index (κ3) is 2.59. The molecule has 0 N–H and O–H groups in total. The molecule has 0 spiro atoms. The second-order valence-corrected chi connectivity index (χ2v) is 5.63. The van der Waals surface area contributed by atoms with Crippen LogP contribution in [-0.4, -0.2) is 18.0 Å². The van der Waals surface area contributed by atoms with Gasteiger partial charge in [-0.2, -0.15) is 0 Å². The van der Waals surface area contributed by atoms with Crippen LogP contribution in [-0.2, 0) is 19.4 Å². The highest BCUT2D eigenvalue weighted by molar-refractivity contribution is 7.10. The molecule has 88 valence electrons. The van der Waals surface area contributed by atoms with E-state index in [4.69, 9.17) is 0 Å². The third-order valence-corrected chi connectivity index (χ3v) is 4.47. The summed E-state index contributed by atoms with van der Waals surface area (Å²) in [6.45, 7) is 3.55. The van der Waals surface area contributed by atoms with Gasteiger partial charge < -0.3 is 0 Å². The molecule has 0 radical (unpaired) electrons. The van der Waals surface area contributed by atoms with Crippen LogP contribution in [0, 0.1) is 0 Å². The molecule has 1 nitrogen and oxygen atoms in total. The molecular formula is C15H17NS. The van der Waals surface area contributed by atoms with Gasteiger partial charge in [0.15, 0.2) is 0 Å². The summed E-state index contributed by atoms with van der Waals surface area (Å²) in [6, 6.07) is 13.1. The van der Waals surface area contributed by atoms with E-state index in [9.17, 15) is 0 Å². The van der Waals surface area contributed by atoms with Crippen LogP contribution in [0.4, 0.5) is 0 Å². The Morgan fingerprint density at radius 3 is 2.88 bits per heavy atom. The Morgan fingerprint density at radius 1 is 1.12 bits per heavy atom. The van der Waals surface area contributed by atoms with Crippen molar-refractivity contribution in [1.29, 1.82) is 0 Å². The van der Waals surface area contributed by atoms with Gasteiger partial charge in [0.2, 0.25) is 0 Å². The maximum Gasteiger partial charge on any atom is 0.0245 e. The SMILES string of the molecule is c1ccc(CCN2CCc3sccc3C2)cc1. The summed E-state index contributed by atoms with van der Waals surface area (Å²) in [6.07, 6.45) is 2.40. The highest BCUT2D eigenvalue weighted by Crippen LogP contribution is 2.23. The molecule has 0 fully saturated rings. The van der Waals surface area contributed by atoms with E-state index in [-0.39, 0.29) is 0 Å². The van der Waals surface area contributed by atoms with Gasteiger partial charge in [-0.25, -0.2) is 0 Å². The summed E-state index contributed by atoms with van der Waals surface area (Å²) in [5.74, 6) is 0. The van der Waals surface area contributed by atoms with Crippen molar-refractivity contribution in [3.8, 4) is 0 Å². The Bertz CT molecular complexity index is 475. The van der Waals surface area contributed by atoms with Gasteiger partial charge in [-0.3, -0.25) is 4.90 Å². The van der Waals surface area contributed by atoms with Gasteiger partial charge >= 0.3 is 0 Å². The quantitative estimate of drug-likeness (QED) is 0.799. The molecule has 0 amide bonds. The molecule has 1 aliphatic rings. The zero-order chi connectivity index (χ0) is 11.5. The van der Waals surface area contributed by atoms with E-state index in [0.717, 1.165) is 6.54 Å². The number of rotatable bonds is 3. The number of fused-ring (bicyclic) bond motifs is 1. The molecule has 2 heterocycles. The molecule has 0 unspecified atom stereocenters. The standard InChI is InChI=1S/C15H17NS/c1-2-4-13(5-3-1)6-9-16-10-7-15-14(12-16)8-11-17-15/h1-5,8,11H,6-7,9-10,12H2. The smallest absolute Gasteiger partial charge is 0.0245 e. The highest BCUT2D eigenvalue weighted by Gasteiger charge is 2.16. The number of hydrogen-bond acceptors (Lipinski definition) is 2. The average molecular weight is 243 g/mol. The topological polar surface area (TPSA) is 3.24 Å². The van der Waals surface area contributed by atoms with Crippen LogP contribution in [0.2, 0.25) is 0 Å². The first kappa shape index (κ1) is 11.0. The van der Waals surface area contributed by atoms with Crippen molar-refractivity contribution in [3.05, 3.63) is 57.8 Å². The lowest BCUT2D eigenvalue weighted by atomic mass is 10.1. The van der Waals surface area contributed by atoms with Gasteiger partial charge in [0, 0.05) is 24.5 Å². The maximum absolute atomic E-state index is 2.57.